The summed E-state index contributed by atoms with van der Waals surface area (Å²) in [5.74, 6) is 1.04. The molecule has 1 unspecified atom stereocenters. The van der Waals surface area contributed by atoms with Crippen LogP contribution in [0.15, 0.2) is 89.9 Å². The number of imidazole rings is 1. The first kappa shape index (κ1) is 33.3. The van der Waals surface area contributed by atoms with Gasteiger partial charge in [-0.25, -0.2) is 9.78 Å². The molecule has 5 rings (SSSR count). The third-order valence-corrected chi connectivity index (χ3v) is 7.13. The van der Waals surface area contributed by atoms with Gasteiger partial charge in [0.05, 0.1) is 25.9 Å². The van der Waals surface area contributed by atoms with E-state index in [0.29, 0.717) is 25.4 Å². The maximum atomic E-state index is 12.6. The van der Waals surface area contributed by atoms with Gasteiger partial charge in [0.1, 0.15) is 35.4 Å². The van der Waals surface area contributed by atoms with Gasteiger partial charge in [-0.15, -0.1) is 0 Å². The van der Waals surface area contributed by atoms with Crippen LogP contribution < -0.4 is 10.1 Å². The molecule has 0 fully saturated rings. The van der Waals surface area contributed by atoms with Crippen molar-refractivity contribution in [2.75, 3.05) is 13.7 Å². The quantitative estimate of drug-likeness (QED) is 0.136. The first-order valence-electron chi connectivity index (χ1n) is 15.5. The lowest BCUT2D eigenvalue weighted by molar-refractivity contribution is -0.149. The number of fused-ring (bicyclic) bond motifs is 1. The first-order chi connectivity index (χ1) is 22.6. The summed E-state index contributed by atoms with van der Waals surface area (Å²) in [6.07, 6.45) is 4.64. The number of benzene rings is 3. The van der Waals surface area contributed by atoms with Gasteiger partial charge in [0.25, 0.3) is 0 Å². The minimum Gasteiger partial charge on any atom is -0.489 e. The number of ether oxygens (including phenoxy) is 4. The molecule has 1 amide bonds. The molecule has 0 aliphatic heterocycles. The number of esters is 1. The Hall–Kier alpha value is -5.09. The van der Waals surface area contributed by atoms with Crippen molar-refractivity contribution in [3.63, 3.8) is 0 Å². The monoisotopic (exact) mass is 639 g/mol. The van der Waals surface area contributed by atoms with Crippen LogP contribution in [0.25, 0.3) is 22.1 Å². The summed E-state index contributed by atoms with van der Waals surface area (Å²) in [6, 6.07) is 21.5. The summed E-state index contributed by atoms with van der Waals surface area (Å²) in [7, 11) is 1.57. The lowest BCUT2D eigenvalue weighted by Gasteiger charge is -2.19. The molecule has 2 aromatic heterocycles. The van der Waals surface area contributed by atoms with E-state index in [2.05, 4.69) is 22.4 Å². The van der Waals surface area contributed by atoms with Gasteiger partial charge in [0.2, 0.25) is 0 Å². The Kier molecular flexibility index (Phi) is 10.6. The Morgan fingerprint density at radius 3 is 2.62 bits per heavy atom. The number of nitrogens with one attached hydrogen (secondary N) is 1. The van der Waals surface area contributed by atoms with E-state index < -0.39 is 11.7 Å². The smallest absolute Gasteiger partial charge is 0.407 e. The van der Waals surface area contributed by atoms with E-state index in [0.717, 1.165) is 44.5 Å². The molecule has 2 heterocycles. The number of carbonyl (C=O) groups is 2. The average Bonchev–Trinajstić information content (AvgIpc) is 3.68. The van der Waals surface area contributed by atoms with Crippen LogP contribution >= 0.6 is 0 Å². The number of hydrogen-bond acceptors (Lipinski definition) is 8. The van der Waals surface area contributed by atoms with E-state index in [1.54, 1.807) is 26.6 Å². The summed E-state index contributed by atoms with van der Waals surface area (Å²) < 4.78 is 30.6. The van der Waals surface area contributed by atoms with E-state index in [4.69, 9.17) is 23.4 Å². The van der Waals surface area contributed by atoms with Gasteiger partial charge in [-0.05, 0) is 74.7 Å². The molecule has 0 bridgehead atoms. The molecule has 10 heteroatoms. The number of methoxy groups -OCH3 is 1. The van der Waals surface area contributed by atoms with E-state index in [1.165, 1.54) is 0 Å². The van der Waals surface area contributed by atoms with Gasteiger partial charge in [-0.2, -0.15) is 0 Å². The van der Waals surface area contributed by atoms with Crippen molar-refractivity contribution in [1.29, 1.82) is 0 Å². The van der Waals surface area contributed by atoms with Crippen LogP contribution in [0, 0.1) is 0 Å². The lowest BCUT2D eigenvalue weighted by Crippen LogP contribution is -2.32. The SMILES string of the molecule is COCC(C)OC(=O)Cc1ccccc1OCc1cc(-c2cccc(CNC(=O)OC(C)(C)C)c2)c2oc(Cn3ccnc3)cc2c1. The molecule has 10 nitrogen and oxygen atoms in total. The molecular formula is C37H41N3O7. The predicted octanol–water partition coefficient (Wildman–Crippen LogP) is 7.07. The van der Waals surface area contributed by atoms with Crippen molar-refractivity contribution in [2.45, 2.75) is 65.5 Å². The van der Waals surface area contributed by atoms with Gasteiger partial charge >= 0.3 is 12.1 Å². The zero-order valence-corrected chi connectivity index (χ0v) is 27.4. The molecule has 3 aromatic carbocycles. The van der Waals surface area contributed by atoms with Crippen LogP contribution in [0.4, 0.5) is 4.79 Å². The first-order valence-corrected chi connectivity index (χ1v) is 15.5. The lowest BCUT2D eigenvalue weighted by atomic mass is 9.99. The van der Waals surface area contributed by atoms with Gasteiger partial charge < -0.3 is 33.2 Å². The molecule has 47 heavy (non-hydrogen) atoms. The number of aromatic nitrogens is 2. The summed E-state index contributed by atoms with van der Waals surface area (Å²) in [5, 5.41) is 3.76. The number of hydrogen-bond donors (Lipinski definition) is 1. The second-order valence-corrected chi connectivity index (χ2v) is 12.4. The van der Waals surface area contributed by atoms with Crippen LogP contribution in [0.1, 0.15) is 50.1 Å². The zero-order chi connectivity index (χ0) is 33.4. The number of carbonyl (C=O) groups excluding carboxylic acids is 2. The zero-order valence-electron chi connectivity index (χ0n) is 27.4. The van der Waals surface area contributed by atoms with Crippen LogP contribution in [-0.2, 0) is 45.1 Å². The highest BCUT2D eigenvalue weighted by molar-refractivity contribution is 5.93. The van der Waals surface area contributed by atoms with Gasteiger partial charge in [-0.3, -0.25) is 4.79 Å². The predicted molar refractivity (Wildman–Crippen MR) is 178 cm³/mol. The highest BCUT2D eigenvalue weighted by Gasteiger charge is 2.18. The maximum absolute atomic E-state index is 12.6. The molecule has 1 atom stereocenters. The van der Waals surface area contributed by atoms with Crippen molar-refractivity contribution in [3.05, 3.63) is 108 Å². The number of rotatable bonds is 13. The Balaban J connectivity index is 1.40. The molecule has 0 aliphatic rings. The molecule has 0 saturated carbocycles. The van der Waals surface area contributed by atoms with Crippen LogP contribution in [-0.4, -0.2) is 47.0 Å². The highest BCUT2D eigenvalue weighted by Crippen LogP contribution is 2.34. The second kappa shape index (κ2) is 15.0. The molecule has 5 aromatic rings. The normalized spacial score (nSPS) is 12.1. The second-order valence-electron chi connectivity index (χ2n) is 12.4. The number of para-hydroxylation sites is 1. The minimum absolute atomic E-state index is 0.0813. The van der Waals surface area contributed by atoms with E-state index >= 15 is 0 Å². The Labute approximate surface area is 274 Å². The van der Waals surface area contributed by atoms with Crippen molar-refractivity contribution >= 4 is 23.0 Å². The van der Waals surface area contributed by atoms with Gasteiger partial charge in [0.15, 0.2) is 0 Å². The van der Waals surface area contributed by atoms with E-state index in [9.17, 15) is 9.59 Å². The summed E-state index contributed by atoms with van der Waals surface area (Å²) >= 11 is 0. The number of alkyl carbamates (subject to hydrolysis) is 1. The minimum atomic E-state index is -0.583. The van der Waals surface area contributed by atoms with Crippen molar-refractivity contribution in [3.8, 4) is 16.9 Å². The fourth-order valence-electron chi connectivity index (χ4n) is 5.18. The summed E-state index contributed by atoms with van der Waals surface area (Å²) in [6.45, 7) is 8.72. The number of nitrogens with zero attached hydrogens (tertiary/aromatic N) is 2. The van der Waals surface area contributed by atoms with Crippen LogP contribution in [0.2, 0.25) is 0 Å². The number of furan rings is 1. The largest absolute Gasteiger partial charge is 0.489 e. The van der Waals surface area contributed by atoms with Crippen molar-refractivity contribution in [1.82, 2.24) is 14.9 Å². The Morgan fingerprint density at radius 1 is 1.02 bits per heavy atom. The third kappa shape index (κ3) is 9.46. The van der Waals surface area contributed by atoms with Gasteiger partial charge in [0, 0.05) is 42.6 Å². The average molecular weight is 640 g/mol. The molecule has 246 valence electrons. The van der Waals surface area contributed by atoms with Crippen molar-refractivity contribution < 1.29 is 33.0 Å². The standard InChI is InChI=1S/C37H41N3O7/c1-25(22-43-5)45-34(41)19-29-10-6-7-12-33(29)44-23-27-16-30-18-31(21-40-14-13-38-24-40)46-35(30)32(17-27)28-11-8-9-26(15-28)20-39-36(42)47-37(2,3)4/h6-18,24-25H,19-23H2,1-5H3,(H,39,42). The van der Waals surface area contributed by atoms with E-state index in [-0.39, 0.29) is 25.1 Å². The van der Waals surface area contributed by atoms with Crippen molar-refractivity contribution in [2.24, 2.45) is 0 Å². The van der Waals surface area contributed by atoms with E-state index in [1.807, 2.05) is 86.1 Å². The van der Waals surface area contributed by atoms with Gasteiger partial charge in [-0.1, -0.05) is 36.4 Å². The molecule has 0 radical (unpaired) electrons. The van der Waals surface area contributed by atoms with Crippen LogP contribution in [0.5, 0.6) is 5.75 Å². The Morgan fingerprint density at radius 2 is 1.85 bits per heavy atom. The molecule has 0 saturated heterocycles. The molecule has 0 aliphatic carbocycles. The molecule has 1 N–H and O–H groups in total. The summed E-state index contributed by atoms with van der Waals surface area (Å²) in [5.41, 5.74) is 4.55. The third-order valence-electron chi connectivity index (χ3n) is 7.13. The maximum Gasteiger partial charge on any atom is 0.407 e. The molecular weight excluding hydrogens is 598 g/mol. The number of amides is 1. The van der Waals surface area contributed by atoms with Crippen LogP contribution in [0.3, 0.4) is 0 Å². The topological polar surface area (TPSA) is 114 Å². The summed E-state index contributed by atoms with van der Waals surface area (Å²) in [4.78, 5) is 29.0. The molecule has 0 spiro atoms. The highest BCUT2D eigenvalue weighted by atomic mass is 16.6. The fraction of sp³-hybridized carbons (Fsp3) is 0.324. The Bertz CT molecular complexity index is 1800. The fourth-order valence-corrected chi connectivity index (χ4v) is 5.18.